The number of benzene rings is 3. The van der Waals surface area contributed by atoms with Crippen LogP contribution in [0.5, 0.6) is 0 Å². The van der Waals surface area contributed by atoms with E-state index in [0.29, 0.717) is 25.9 Å². The van der Waals surface area contributed by atoms with Crippen molar-refractivity contribution in [1.29, 1.82) is 0 Å². The first-order valence-electron chi connectivity index (χ1n) is 14.1. The summed E-state index contributed by atoms with van der Waals surface area (Å²) >= 11 is 0. The van der Waals surface area contributed by atoms with Crippen LogP contribution in [-0.4, -0.2) is 58.8 Å². The van der Waals surface area contributed by atoms with Crippen LogP contribution < -0.4 is 10.6 Å². The molecule has 0 bridgehead atoms. The maximum atomic E-state index is 13.4. The van der Waals surface area contributed by atoms with E-state index in [9.17, 15) is 19.5 Å². The first kappa shape index (κ1) is 28.4. The minimum Gasteiger partial charge on any atom is -0.481 e. The number of carbonyl (C=O) groups excluding carboxylic acids is 2. The zero-order chi connectivity index (χ0) is 29.0. The Bertz CT molecular complexity index is 1370. The molecular weight excluding hydrogens is 518 g/mol. The Labute approximate surface area is 240 Å². The number of hydrogen-bond donors (Lipinski definition) is 3. The molecule has 41 heavy (non-hydrogen) atoms. The molecule has 3 aromatic rings. The van der Waals surface area contributed by atoms with E-state index in [2.05, 4.69) is 39.8 Å². The highest BCUT2D eigenvalue weighted by Crippen LogP contribution is 2.44. The number of fused-ring (bicyclic) bond motifs is 3. The molecule has 1 aliphatic carbocycles. The zero-order valence-electron chi connectivity index (χ0n) is 23.6. The lowest BCUT2D eigenvalue weighted by Gasteiger charge is -2.43. The van der Waals surface area contributed by atoms with Gasteiger partial charge in [0, 0.05) is 25.6 Å². The lowest BCUT2D eigenvalue weighted by Crippen LogP contribution is -2.63. The van der Waals surface area contributed by atoms with Gasteiger partial charge in [-0.3, -0.25) is 14.5 Å². The lowest BCUT2D eigenvalue weighted by molar-refractivity contribution is -0.140. The van der Waals surface area contributed by atoms with E-state index in [1.807, 2.05) is 54.6 Å². The van der Waals surface area contributed by atoms with Crippen LogP contribution in [0.25, 0.3) is 11.1 Å². The number of amides is 2. The third kappa shape index (κ3) is 6.43. The number of nitrogens with one attached hydrogen (secondary N) is 2. The van der Waals surface area contributed by atoms with Gasteiger partial charge in [0.1, 0.15) is 12.1 Å². The third-order valence-electron chi connectivity index (χ3n) is 8.26. The molecule has 0 aromatic heterocycles. The second-order valence-corrected chi connectivity index (χ2v) is 11.6. The highest BCUT2D eigenvalue weighted by Gasteiger charge is 2.42. The lowest BCUT2D eigenvalue weighted by atomic mass is 9.83. The standard InChI is InChI=1S/C33H37N3O5/c1-32(2,35-31(40)41-22-28-26-14-8-6-12-24(26)25-13-7-9-15-27(25)28)30(39)34-33(20-29(37)38)16-18-36(19-17-33)21-23-10-4-3-5-11-23/h3-15,28H,16-22H2,1-2H3,(H,34,39)(H,35,40)(H,37,38). The largest absolute Gasteiger partial charge is 0.481 e. The van der Waals surface area contributed by atoms with Crippen LogP contribution in [-0.2, 0) is 20.9 Å². The Hall–Kier alpha value is -4.17. The SMILES string of the molecule is CC(C)(NC(=O)OCC1c2ccccc2-c2ccccc21)C(=O)NC1(CC(=O)O)CCN(Cc2ccccc2)CC1. The van der Waals surface area contributed by atoms with Crippen molar-refractivity contribution in [3.63, 3.8) is 0 Å². The fourth-order valence-corrected chi connectivity index (χ4v) is 5.96. The maximum Gasteiger partial charge on any atom is 0.408 e. The van der Waals surface area contributed by atoms with Gasteiger partial charge < -0.3 is 20.5 Å². The smallest absolute Gasteiger partial charge is 0.408 e. The van der Waals surface area contributed by atoms with Gasteiger partial charge in [-0.1, -0.05) is 78.9 Å². The average Bonchev–Trinajstić information content (AvgIpc) is 3.27. The molecule has 1 heterocycles. The maximum absolute atomic E-state index is 13.4. The number of carboxylic acids is 1. The van der Waals surface area contributed by atoms with E-state index in [-0.39, 0.29) is 18.9 Å². The second-order valence-electron chi connectivity index (χ2n) is 11.6. The van der Waals surface area contributed by atoms with Crippen molar-refractivity contribution in [1.82, 2.24) is 15.5 Å². The molecule has 214 valence electrons. The molecule has 2 aliphatic rings. The number of rotatable bonds is 9. The van der Waals surface area contributed by atoms with E-state index >= 15 is 0 Å². The summed E-state index contributed by atoms with van der Waals surface area (Å²) in [6.45, 7) is 5.42. The first-order valence-corrected chi connectivity index (χ1v) is 14.1. The summed E-state index contributed by atoms with van der Waals surface area (Å²) in [6, 6.07) is 26.3. The van der Waals surface area contributed by atoms with E-state index < -0.39 is 29.0 Å². The Balaban J connectivity index is 1.19. The van der Waals surface area contributed by atoms with E-state index in [0.717, 1.165) is 28.8 Å². The van der Waals surface area contributed by atoms with Gasteiger partial charge >= 0.3 is 12.1 Å². The summed E-state index contributed by atoms with van der Waals surface area (Å²) in [6.07, 6.45) is 0.119. The normalized spacial score (nSPS) is 16.3. The molecule has 3 N–H and O–H groups in total. The van der Waals surface area contributed by atoms with Crippen LogP contribution in [0, 0.1) is 0 Å². The number of piperidine rings is 1. The Morgan fingerprint density at radius 3 is 2.05 bits per heavy atom. The molecule has 1 aliphatic heterocycles. The number of carbonyl (C=O) groups is 3. The molecular formula is C33H37N3O5. The van der Waals surface area contributed by atoms with Gasteiger partial charge in [-0.2, -0.15) is 0 Å². The Morgan fingerprint density at radius 2 is 1.46 bits per heavy atom. The predicted octanol–water partition coefficient (Wildman–Crippen LogP) is 4.93. The van der Waals surface area contributed by atoms with Crippen LogP contribution in [0.3, 0.4) is 0 Å². The number of alkyl carbamates (subject to hydrolysis) is 1. The molecule has 2 amide bonds. The minimum absolute atomic E-state index is 0.0926. The van der Waals surface area contributed by atoms with Crippen LogP contribution >= 0.6 is 0 Å². The summed E-state index contributed by atoms with van der Waals surface area (Å²) in [5, 5.41) is 15.4. The number of ether oxygens (including phenoxy) is 1. The van der Waals surface area contributed by atoms with Crippen LogP contribution in [0.4, 0.5) is 4.79 Å². The van der Waals surface area contributed by atoms with Gasteiger partial charge in [-0.15, -0.1) is 0 Å². The highest BCUT2D eigenvalue weighted by molar-refractivity contribution is 5.90. The van der Waals surface area contributed by atoms with E-state index in [1.54, 1.807) is 13.8 Å². The zero-order valence-corrected chi connectivity index (χ0v) is 23.6. The van der Waals surface area contributed by atoms with Gasteiger partial charge in [-0.05, 0) is 54.5 Å². The average molecular weight is 556 g/mol. The molecule has 0 radical (unpaired) electrons. The Kier molecular flexibility index (Phi) is 8.13. The summed E-state index contributed by atoms with van der Waals surface area (Å²) in [4.78, 5) is 40.4. The van der Waals surface area contributed by atoms with E-state index in [1.165, 1.54) is 5.56 Å². The van der Waals surface area contributed by atoms with Crippen molar-refractivity contribution in [2.45, 2.75) is 56.7 Å². The number of nitrogens with zero attached hydrogens (tertiary/aromatic N) is 1. The number of hydrogen-bond acceptors (Lipinski definition) is 5. The second kappa shape index (κ2) is 11.7. The topological polar surface area (TPSA) is 108 Å². The quantitative estimate of drug-likeness (QED) is 0.346. The molecule has 8 nitrogen and oxygen atoms in total. The fourth-order valence-electron chi connectivity index (χ4n) is 5.96. The summed E-state index contributed by atoms with van der Waals surface area (Å²) < 4.78 is 5.65. The van der Waals surface area contributed by atoms with Crippen LogP contribution in [0.15, 0.2) is 78.9 Å². The predicted molar refractivity (Wildman–Crippen MR) is 156 cm³/mol. The van der Waals surface area contributed by atoms with Crippen molar-refractivity contribution in [3.8, 4) is 11.1 Å². The number of likely N-dealkylation sites (tertiary alicyclic amines) is 1. The molecule has 8 heteroatoms. The molecule has 1 saturated heterocycles. The molecule has 0 atom stereocenters. The van der Waals surface area contributed by atoms with Crippen molar-refractivity contribution in [2.75, 3.05) is 19.7 Å². The van der Waals surface area contributed by atoms with Crippen molar-refractivity contribution < 1.29 is 24.2 Å². The molecule has 0 saturated carbocycles. The number of carboxylic acid groups (broad SMARTS) is 1. The van der Waals surface area contributed by atoms with Gasteiger partial charge in [0.2, 0.25) is 5.91 Å². The molecule has 0 spiro atoms. The summed E-state index contributed by atoms with van der Waals surface area (Å²) in [5.74, 6) is -1.50. The van der Waals surface area contributed by atoms with Gasteiger partial charge in [0.05, 0.1) is 12.0 Å². The molecule has 1 fully saturated rings. The number of aliphatic carboxylic acids is 1. The molecule has 5 rings (SSSR count). The van der Waals surface area contributed by atoms with Crippen molar-refractivity contribution in [2.24, 2.45) is 0 Å². The van der Waals surface area contributed by atoms with Gasteiger partial charge in [-0.25, -0.2) is 4.79 Å². The third-order valence-corrected chi connectivity index (χ3v) is 8.26. The highest BCUT2D eigenvalue weighted by atomic mass is 16.5. The van der Waals surface area contributed by atoms with Gasteiger partial charge in [0.15, 0.2) is 0 Å². The molecule has 0 unspecified atom stereocenters. The summed E-state index contributed by atoms with van der Waals surface area (Å²) in [7, 11) is 0. The monoisotopic (exact) mass is 555 g/mol. The van der Waals surface area contributed by atoms with Gasteiger partial charge in [0.25, 0.3) is 0 Å². The summed E-state index contributed by atoms with van der Waals surface area (Å²) in [5.41, 5.74) is 3.47. The molecule has 3 aromatic carbocycles. The van der Waals surface area contributed by atoms with Crippen molar-refractivity contribution in [3.05, 3.63) is 95.6 Å². The fraction of sp³-hybridized carbons (Fsp3) is 0.364. The van der Waals surface area contributed by atoms with Crippen LogP contribution in [0.2, 0.25) is 0 Å². The van der Waals surface area contributed by atoms with Crippen molar-refractivity contribution >= 4 is 18.0 Å². The Morgan fingerprint density at radius 1 is 0.902 bits per heavy atom. The van der Waals surface area contributed by atoms with Crippen LogP contribution in [0.1, 0.15) is 55.7 Å². The first-order chi connectivity index (χ1) is 19.7. The minimum atomic E-state index is -1.31. The van der Waals surface area contributed by atoms with E-state index in [4.69, 9.17) is 4.74 Å².